The van der Waals surface area contributed by atoms with Gasteiger partial charge < -0.3 is 10.2 Å². The first-order valence-corrected chi connectivity index (χ1v) is 8.53. The Bertz CT molecular complexity index is 620. The fourth-order valence-corrected chi connectivity index (χ4v) is 3.96. The van der Waals surface area contributed by atoms with E-state index in [2.05, 4.69) is 55.3 Å². The number of fused-ring (bicyclic) bond motifs is 1. The van der Waals surface area contributed by atoms with E-state index in [1.165, 1.54) is 22.5 Å². The molecule has 1 aromatic heterocycles. The van der Waals surface area contributed by atoms with E-state index in [1.807, 2.05) is 11.3 Å². The summed E-state index contributed by atoms with van der Waals surface area (Å²) in [6.07, 6.45) is 1.17. The first kappa shape index (κ1) is 14.5. The van der Waals surface area contributed by atoms with Gasteiger partial charge in [0, 0.05) is 23.7 Å². The number of aromatic nitrogens is 1. The highest BCUT2D eigenvalue weighted by Gasteiger charge is 2.25. The van der Waals surface area contributed by atoms with Crippen molar-refractivity contribution in [2.45, 2.75) is 33.7 Å². The summed E-state index contributed by atoms with van der Waals surface area (Å²) in [5, 5.41) is 4.54. The molecule has 1 aromatic carbocycles. The average Bonchev–Trinajstić information content (AvgIpc) is 2.85. The van der Waals surface area contributed by atoms with Crippen LogP contribution in [-0.4, -0.2) is 18.1 Å². The highest BCUT2D eigenvalue weighted by atomic mass is 32.1. The fraction of sp³-hybridized carbons (Fsp3) is 0.471. The standard InChI is InChI=1S/C17H23N3S/c1-4-18-10-16-13(3)19-17(21-16)20-11-12(2)9-14-7-5-6-8-15(14)20/h5-8,12,18H,4,9-11H2,1-3H3. The van der Waals surface area contributed by atoms with Crippen molar-refractivity contribution in [2.24, 2.45) is 5.92 Å². The lowest BCUT2D eigenvalue weighted by Gasteiger charge is -2.32. The molecule has 0 fully saturated rings. The van der Waals surface area contributed by atoms with Crippen LogP contribution in [0.5, 0.6) is 0 Å². The molecule has 0 saturated carbocycles. The Hall–Kier alpha value is -1.39. The van der Waals surface area contributed by atoms with Crippen LogP contribution >= 0.6 is 11.3 Å². The van der Waals surface area contributed by atoms with Crippen molar-refractivity contribution in [3.05, 3.63) is 40.4 Å². The Balaban J connectivity index is 1.93. The summed E-state index contributed by atoms with van der Waals surface area (Å²) < 4.78 is 0. The van der Waals surface area contributed by atoms with E-state index >= 15 is 0 Å². The number of hydrogen-bond acceptors (Lipinski definition) is 4. The van der Waals surface area contributed by atoms with Crippen molar-refractivity contribution < 1.29 is 0 Å². The van der Waals surface area contributed by atoms with E-state index in [1.54, 1.807) is 0 Å². The van der Waals surface area contributed by atoms with E-state index in [4.69, 9.17) is 4.98 Å². The molecular formula is C17H23N3S. The fourth-order valence-electron chi connectivity index (χ4n) is 2.91. The Morgan fingerprint density at radius 1 is 1.38 bits per heavy atom. The average molecular weight is 301 g/mol. The van der Waals surface area contributed by atoms with Crippen LogP contribution in [0.1, 0.15) is 30.0 Å². The van der Waals surface area contributed by atoms with Crippen molar-refractivity contribution in [3.63, 3.8) is 0 Å². The third kappa shape index (κ3) is 2.97. The van der Waals surface area contributed by atoms with Crippen molar-refractivity contribution in [1.82, 2.24) is 10.3 Å². The zero-order chi connectivity index (χ0) is 14.8. The molecule has 1 aliphatic rings. The Morgan fingerprint density at radius 2 is 2.19 bits per heavy atom. The summed E-state index contributed by atoms with van der Waals surface area (Å²) in [4.78, 5) is 8.57. The van der Waals surface area contributed by atoms with Gasteiger partial charge in [-0.1, -0.05) is 43.4 Å². The summed E-state index contributed by atoms with van der Waals surface area (Å²) in [6, 6.07) is 8.74. The molecule has 2 heterocycles. The summed E-state index contributed by atoms with van der Waals surface area (Å²) in [6.45, 7) is 9.56. The highest BCUT2D eigenvalue weighted by Crippen LogP contribution is 2.38. The van der Waals surface area contributed by atoms with Gasteiger partial charge in [-0.15, -0.1) is 0 Å². The molecular weight excluding hydrogens is 278 g/mol. The van der Waals surface area contributed by atoms with Crippen LogP contribution in [0.25, 0.3) is 0 Å². The van der Waals surface area contributed by atoms with E-state index < -0.39 is 0 Å². The third-order valence-corrected chi connectivity index (χ3v) is 5.17. The largest absolute Gasteiger partial charge is 0.317 e. The number of para-hydroxylation sites is 1. The second-order valence-electron chi connectivity index (χ2n) is 5.83. The molecule has 0 amide bonds. The van der Waals surface area contributed by atoms with Gasteiger partial charge in [-0.2, -0.15) is 0 Å². The number of nitrogens with zero attached hydrogens (tertiary/aromatic N) is 2. The lowest BCUT2D eigenvalue weighted by Crippen LogP contribution is -2.30. The number of anilines is 2. The SMILES string of the molecule is CCNCc1sc(N2CC(C)Cc3ccccc32)nc1C. The number of nitrogens with one attached hydrogen (secondary N) is 1. The minimum absolute atomic E-state index is 0.668. The van der Waals surface area contributed by atoms with Crippen LogP contribution < -0.4 is 10.2 Å². The summed E-state index contributed by atoms with van der Waals surface area (Å²) in [7, 11) is 0. The van der Waals surface area contributed by atoms with Crippen molar-refractivity contribution in [2.75, 3.05) is 18.0 Å². The first-order valence-electron chi connectivity index (χ1n) is 7.71. The number of aryl methyl sites for hydroxylation is 1. The first-order chi connectivity index (χ1) is 10.2. The molecule has 0 bridgehead atoms. The normalized spacial score (nSPS) is 17.9. The zero-order valence-electron chi connectivity index (χ0n) is 13.0. The smallest absolute Gasteiger partial charge is 0.190 e. The van der Waals surface area contributed by atoms with Gasteiger partial charge in [0.25, 0.3) is 0 Å². The Kier molecular flexibility index (Phi) is 4.27. The van der Waals surface area contributed by atoms with Crippen molar-refractivity contribution in [1.29, 1.82) is 0 Å². The lowest BCUT2D eigenvalue weighted by molar-refractivity contribution is 0.562. The van der Waals surface area contributed by atoms with Crippen LogP contribution in [0.2, 0.25) is 0 Å². The second kappa shape index (κ2) is 6.16. The summed E-state index contributed by atoms with van der Waals surface area (Å²) in [5.41, 5.74) is 3.93. The Labute approximate surface area is 131 Å². The molecule has 1 aliphatic heterocycles. The predicted molar refractivity (Wildman–Crippen MR) is 90.5 cm³/mol. The van der Waals surface area contributed by atoms with Gasteiger partial charge in [-0.05, 0) is 37.4 Å². The van der Waals surface area contributed by atoms with Gasteiger partial charge >= 0.3 is 0 Å². The number of thiazole rings is 1. The van der Waals surface area contributed by atoms with Gasteiger partial charge in [-0.3, -0.25) is 0 Å². The monoisotopic (exact) mass is 301 g/mol. The third-order valence-electron chi connectivity index (χ3n) is 3.99. The minimum Gasteiger partial charge on any atom is -0.317 e. The van der Waals surface area contributed by atoms with E-state index in [-0.39, 0.29) is 0 Å². The lowest BCUT2D eigenvalue weighted by atomic mass is 9.94. The summed E-state index contributed by atoms with van der Waals surface area (Å²) >= 11 is 1.82. The van der Waals surface area contributed by atoms with Gasteiger partial charge in [0.15, 0.2) is 5.13 Å². The van der Waals surface area contributed by atoms with Crippen LogP contribution in [0, 0.1) is 12.8 Å². The molecule has 1 atom stereocenters. The molecule has 1 unspecified atom stereocenters. The van der Waals surface area contributed by atoms with E-state index in [0.29, 0.717) is 5.92 Å². The van der Waals surface area contributed by atoms with Crippen LogP contribution in [0.15, 0.2) is 24.3 Å². The molecule has 0 aliphatic carbocycles. The number of hydrogen-bond donors (Lipinski definition) is 1. The maximum Gasteiger partial charge on any atom is 0.190 e. The molecule has 2 aromatic rings. The Morgan fingerprint density at radius 3 is 3.00 bits per heavy atom. The molecule has 3 rings (SSSR count). The van der Waals surface area contributed by atoms with Crippen LogP contribution in [0.3, 0.4) is 0 Å². The molecule has 112 valence electrons. The molecule has 3 nitrogen and oxygen atoms in total. The van der Waals surface area contributed by atoms with E-state index in [9.17, 15) is 0 Å². The minimum atomic E-state index is 0.668. The van der Waals surface area contributed by atoms with Gasteiger partial charge in [-0.25, -0.2) is 4.98 Å². The van der Waals surface area contributed by atoms with E-state index in [0.717, 1.165) is 30.5 Å². The number of benzene rings is 1. The maximum atomic E-state index is 4.82. The molecule has 0 radical (unpaired) electrons. The van der Waals surface area contributed by atoms with Gasteiger partial charge in [0.05, 0.1) is 5.69 Å². The molecule has 4 heteroatoms. The van der Waals surface area contributed by atoms with Gasteiger partial charge in [0.1, 0.15) is 0 Å². The van der Waals surface area contributed by atoms with Crippen LogP contribution in [0.4, 0.5) is 10.8 Å². The van der Waals surface area contributed by atoms with Crippen LogP contribution in [-0.2, 0) is 13.0 Å². The topological polar surface area (TPSA) is 28.2 Å². The molecule has 1 N–H and O–H groups in total. The van der Waals surface area contributed by atoms with Crippen molar-refractivity contribution in [3.8, 4) is 0 Å². The highest BCUT2D eigenvalue weighted by molar-refractivity contribution is 7.15. The molecule has 0 spiro atoms. The molecule has 0 saturated heterocycles. The van der Waals surface area contributed by atoms with Gasteiger partial charge in [0.2, 0.25) is 0 Å². The maximum absolute atomic E-state index is 4.82. The quantitative estimate of drug-likeness (QED) is 0.928. The predicted octanol–water partition coefficient (Wildman–Crippen LogP) is 3.89. The summed E-state index contributed by atoms with van der Waals surface area (Å²) in [5.74, 6) is 0.668. The number of rotatable bonds is 4. The zero-order valence-corrected chi connectivity index (χ0v) is 13.8. The second-order valence-corrected chi connectivity index (χ2v) is 6.90. The molecule has 21 heavy (non-hydrogen) atoms. The van der Waals surface area contributed by atoms with Crippen molar-refractivity contribution >= 4 is 22.2 Å².